The maximum absolute atomic E-state index is 13.7. The number of fused-ring (bicyclic) bond motifs is 1. The van der Waals surface area contributed by atoms with Gasteiger partial charge in [-0.2, -0.15) is 0 Å². The predicted molar refractivity (Wildman–Crippen MR) is 108 cm³/mol. The van der Waals surface area contributed by atoms with E-state index in [1.807, 2.05) is 0 Å². The molecule has 2 heterocycles. The van der Waals surface area contributed by atoms with Gasteiger partial charge < -0.3 is 10.4 Å². The molecule has 0 unspecified atom stereocenters. The number of hydrogen-bond acceptors (Lipinski definition) is 5. The summed E-state index contributed by atoms with van der Waals surface area (Å²) >= 11 is 0. The fourth-order valence-corrected chi connectivity index (χ4v) is 3.85. The number of hydrogen-bond donors (Lipinski definition) is 2. The number of halogens is 1. The van der Waals surface area contributed by atoms with E-state index in [0.29, 0.717) is 28.5 Å². The van der Waals surface area contributed by atoms with Crippen LogP contribution in [0.3, 0.4) is 0 Å². The molecular weight excluding hydrogens is 373 g/mol. The number of ketones is 1. The maximum atomic E-state index is 13.7. The van der Waals surface area contributed by atoms with E-state index in [4.69, 9.17) is 0 Å². The summed E-state index contributed by atoms with van der Waals surface area (Å²) < 4.78 is 15.0. The Kier molecular flexibility index (Phi) is 5.51. The van der Waals surface area contributed by atoms with Crippen molar-refractivity contribution in [3.8, 4) is 11.1 Å². The molecule has 1 aromatic heterocycles. The predicted octanol–water partition coefficient (Wildman–Crippen LogP) is 2.27. The summed E-state index contributed by atoms with van der Waals surface area (Å²) in [5.74, 6) is -0.549. The van der Waals surface area contributed by atoms with Gasteiger partial charge in [-0.3, -0.25) is 14.2 Å². The van der Waals surface area contributed by atoms with Crippen LogP contribution in [0.5, 0.6) is 0 Å². The molecule has 0 aliphatic carbocycles. The van der Waals surface area contributed by atoms with Crippen molar-refractivity contribution >= 4 is 16.7 Å². The molecule has 1 saturated heterocycles. The van der Waals surface area contributed by atoms with Gasteiger partial charge in [0.1, 0.15) is 5.82 Å². The van der Waals surface area contributed by atoms with Crippen molar-refractivity contribution in [2.24, 2.45) is 0 Å². The minimum Gasteiger partial charge on any atom is -0.391 e. The van der Waals surface area contributed by atoms with Crippen molar-refractivity contribution in [2.45, 2.75) is 38.0 Å². The minimum absolute atomic E-state index is 0.121. The molecule has 0 saturated carbocycles. The number of carbonyl (C=O) groups excluding carboxylic acids is 1. The molecule has 1 fully saturated rings. The molecule has 0 amide bonds. The van der Waals surface area contributed by atoms with E-state index in [-0.39, 0.29) is 30.3 Å². The normalized spacial score (nSPS) is 19.4. The lowest BCUT2D eigenvalue weighted by Gasteiger charge is -2.28. The number of nitrogens with one attached hydrogen (secondary N) is 1. The Morgan fingerprint density at radius 2 is 2.10 bits per heavy atom. The summed E-state index contributed by atoms with van der Waals surface area (Å²) in [6.45, 7) is 0.646. The van der Waals surface area contributed by atoms with Crippen molar-refractivity contribution in [1.29, 1.82) is 0 Å². The van der Waals surface area contributed by atoms with Crippen LogP contribution in [0.2, 0.25) is 0 Å². The molecule has 2 atom stereocenters. The van der Waals surface area contributed by atoms with Crippen LogP contribution < -0.4 is 10.9 Å². The van der Waals surface area contributed by atoms with Crippen LogP contribution in [0.25, 0.3) is 22.0 Å². The van der Waals surface area contributed by atoms with Crippen LogP contribution in [0.15, 0.2) is 53.6 Å². The van der Waals surface area contributed by atoms with E-state index in [1.165, 1.54) is 23.0 Å². The summed E-state index contributed by atoms with van der Waals surface area (Å²) in [5.41, 5.74) is 1.30. The van der Waals surface area contributed by atoms with Gasteiger partial charge in [-0.1, -0.05) is 24.3 Å². The zero-order valence-corrected chi connectivity index (χ0v) is 15.8. The first kappa shape index (κ1) is 19.4. The summed E-state index contributed by atoms with van der Waals surface area (Å²) in [6, 6.07) is 11.0. The van der Waals surface area contributed by atoms with Gasteiger partial charge >= 0.3 is 0 Å². The second-order valence-corrected chi connectivity index (χ2v) is 7.40. The Balaban J connectivity index is 1.66. The van der Waals surface area contributed by atoms with E-state index >= 15 is 0 Å². The van der Waals surface area contributed by atoms with E-state index < -0.39 is 11.9 Å². The lowest BCUT2D eigenvalue weighted by atomic mass is 9.97. The van der Waals surface area contributed by atoms with Crippen LogP contribution in [-0.2, 0) is 11.3 Å². The summed E-state index contributed by atoms with van der Waals surface area (Å²) in [5, 5.41) is 13.5. The van der Waals surface area contributed by atoms with E-state index in [1.54, 1.807) is 30.3 Å². The minimum atomic E-state index is -0.557. The summed E-state index contributed by atoms with van der Waals surface area (Å²) in [7, 11) is 0. The van der Waals surface area contributed by atoms with E-state index in [9.17, 15) is 19.1 Å². The molecule has 0 bridgehead atoms. The van der Waals surface area contributed by atoms with Gasteiger partial charge in [0.25, 0.3) is 5.56 Å². The first-order valence-electron chi connectivity index (χ1n) is 9.70. The van der Waals surface area contributed by atoms with Gasteiger partial charge in [-0.05, 0) is 48.7 Å². The zero-order valence-electron chi connectivity index (χ0n) is 15.8. The second kappa shape index (κ2) is 8.23. The quantitative estimate of drug-likeness (QED) is 0.692. The number of aliphatic hydroxyl groups is 1. The molecule has 2 aromatic carbocycles. The lowest BCUT2D eigenvalue weighted by Crippen LogP contribution is -2.46. The number of nitrogens with zero attached hydrogens (tertiary/aromatic N) is 2. The summed E-state index contributed by atoms with van der Waals surface area (Å²) in [4.78, 5) is 30.0. The van der Waals surface area contributed by atoms with E-state index in [0.717, 1.165) is 13.0 Å². The first-order chi connectivity index (χ1) is 14.0. The van der Waals surface area contributed by atoms with Crippen molar-refractivity contribution < 1.29 is 14.3 Å². The van der Waals surface area contributed by atoms with Crippen molar-refractivity contribution in [3.63, 3.8) is 0 Å². The van der Waals surface area contributed by atoms with Gasteiger partial charge in [0.05, 0.1) is 29.9 Å². The number of rotatable bonds is 5. The molecule has 29 heavy (non-hydrogen) atoms. The van der Waals surface area contributed by atoms with Gasteiger partial charge in [0.2, 0.25) is 0 Å². The Morgan fingerprint density at radius 1 is 1.28 bits per heavy atom. The molecule has 0 spiro atoms. The number of aliphatic hydroxyl groups excluding tert-OH is 1. The molecule has 3 aromatic rings. The monoisotopic (exact) mass is 395 g/mol. The average Bonchev–Trinajstić information content (AvgIpc) is 2.71. The second-order valence-electron chi connectivity index (χ2n) is 7.40. The molecule has 1 aliphatic heterocycles. The van der Waals surface area contributed by atoms with Crippen LogP contribution in [0, 0.1) is 5.82 Å². The average molecular weight is 395 g/mol. The summed E-state index contributed by atoms with van der Waals surface area (Å²) in [6.07, 6.45) is 2.50. The molecule has 6 nitrogen and oxygen atoms in total. The number of piperidine rings is 1. The number of Topliss-reactive ketones (excluding diaryl/α,β-unsaturated/α-hetero) is 1. The Hall–Kier alpha value is -2.90. The number of benzene rings is 2. The molecule has 2 N–H and O–H groups in total. The molecule has 150 valence electrons. The van der Waals surface area contributed by atoms with Gasteiger partial charge in [0, 0.05) is 12.5 Å². The number of carbonyl (C=O) groups is 1. The highest BCUT2D eigenvalue weighted by Gasteiger charge is 2.25. The van der Waals surface area contributed by atoms with Crippen molar-refractivity contribution in [3.05, 3.63) is 65.0 Å². The Labute approximate surface area is 167 Å². The van der Waals surface area contributed by atoms with Gasteiger partial charge in [-0.25, -0.2) is 9.37 Å². The highest BCUT2D eigenvalue weighted by Crippen LogP contribution is 2.26. The van der Waals surface area contributed by atoms with Crippen LogP contribution >= 0.6 is 0 Å². The van der Waals surface area contributed by atoms with Crippen LogP contribution in [0.1, 0.15) is 19.3 Å². The maximum Gasteiger partial charge on any atom is 0.262 e. The third-order valence-corrected chi connectivity index (χ3v) is 5.33. The fourth-order valence-electron chi connectivity index (χ4n) is 3.85. The van der Waals surface area contributed by atoms with Crippen molar-refractivity contribution in [2.75, 3.05) is 6.54 Å². The van der Waals surface area contributed by atoms with Crippen molar-refractivity contribution in [1.82, 2.24) is 14.9 Å². The molecule has 0 radical (unpaired) electrons. The highest BCUT2D eigenvalue weighted by molar-refractivity contribution is 5.94. The fraction of sp³-hybridized carbons (Fsp3) is 0.318. The lowest BCUT2D eigenvalue weighted by molar-refractivity contribution is -0.121. The SMILES string of the molecule is O=C(C[C@H]1NCCC[C@@H]1O)Cn1cnc2cccc(-c3cccc(F)c3)c2c1=O. The van der Waals surface area contributed by atoms with Crippen LogP contribution in [-0.4, -0.2) is 39.1 Å². The van der Waals surface area contributed by atoms with Gasteiger partial charge in [0.15, 0.2) is 5.78 Å². The standard InChI is InChI=1S/C22H22FN3O3/c23-15-5-1-4-14(10-15)17-6-2-7-18-21(17)22(29)26(13-25-18)12-16(27)11-19-20(28)8-3-9-24-19/h1-2,4-7,10,13,19-20,24,28H,3,8-9,11-12H2/t19-,20+/m1/s1. The Morgan fingerprint density at radius 3 is 2.90 bits per heavy atom. The molecular formula is C22H22FN3O3. The number of aromatic nitrogens is 2. The Bertz CT molecular complexity index is 1110. The highest BCUT2D eigenvalue weighted by atomic mass is 19.1. The van der Waals surface area contributed by atoms with Gasteiger partial charge in [-0.15, -0.1) is 0 Å². The molecule has 7 heteroatoms. The van der Waals surface area contributed by atoms with Crippen LogP contribution in [0.4, 0.5) is 4.39 Å². The topological polar surface area (TPSA) is 84.2 Å². The smallest absolute Gasteiger partial charge is 0.262 e. The third-order valence-electron chi connectivity index (χ3n) is 5.33. The zero-order chi connectivity index (χ0) is 20.4. The van der Waals surface area contributed by atoms with E-state index in [2.05, 4.69) is 10.3 Å². The molecule has 1 aliphatic rings. The first-order valence-corrected chi connectivity index (χ1v) is 9.70. The molecule has 4 rings (SSSR count). The largest absolute Gasteiger partial charge is 0.391 e. The third kappa shape index (κ3) is 4.11.